The minimum absolute atomic E-state index is 1.04. The maximum atomic E-state index is 3.35. The van der Waals surface area contributed by atoms with Gasteiger partial charge >= 0.3 is 0 Å². The van der Waals surface area contributed by atoms with E-state index in [1.165, 1.54) is 33.2 Å². The zero-order valence-corrected chi connectivity index (χ0v) is 9.98. The van der Waals surface area contributed by atoms with Gasteiger partial charge in [-0.2, -0.15) is 0 Å². The standard InChI is InChI=1S/C17H13N/c1-2-6-13-10-14(9-12(13)5-1)16-11-18-17-8-4-3-7-15(16)17/h1-9,11,18H,10H2. The molecule has 1 heterocycles. The van der Waals surface area contributed by atoms with Crippen LogP contribution in [0.25, 0.3) is 22.6 Å². The number of nitrogens with one attached hydrogen (secondary N) is 1. The van der Waals surface area contributed by atoms with Crippen molar-refractivity contribution < 1.29 is 0 Å². The molecule has 2 aromatic carbocycles. The summed E-state index contributed by atoms with van der Waals surface area (Å²) in [5, 5.41) is 1.32. The van der Waals surface area contributed by atoms with Gasteiger partial charge in [0.05, 0.1) is 0 Å². The van der Waals surface area contributed by atoms with Crippen LogP contribution in [0.1, 0.15) is 16.7 Å². The second kappa shape index (κ2) is 3.61. The predicted molar refractivity (Wildman–Crippen MR) is 76.3 cm³/mol. The van der Waals surface area contributed by atoms with E-state index < -0.39 is 0 Å². The maximum absolute atomic E-state index is 3.35. The van der Waals surface area contributed by atoms with Crippen molar-refractivity contribution in [1.82, 2.24) is 4.98 Å². The number of allylic oxidation sites excluding steroid dienone is 1. The molecule has 0 aliphatic heterocycles. The number of fused-ring (bicyclic) bond motifs is 2. The number of hydrogen-bond acceptors (Lipinski definition) is 0. The van der Waals surface area contributed by atoms with Crippen molar-refractivity contribution >= 4 is 22.6 Å². The van der Waals surface area contributed by atoms with E-state index >= 15 is 0 Å². The summed E-state index contributed by atoms with van der Waals surface area (Å²) in [6.45, 7) is 0. The lowest BCUT2D eigenvalue weighted by Gasteiger charge is -2.00. The quantitative estimate of drug-likeness (QED) is 0.644. The van der Waals surface area contributed by atoms with Gasteiger partial charge in [0.15, 0.2) is 0 Å². The van der Waals surface area contributed by atoms with Crippen LogP contribution in [-0.2, 0) is 6.42 Å². The Morgan fingerprint density at radius 3 is 2.67 bits per heavy atom. The molecule has 0 atom stereocenters. The van der Waals surface area contributed by atoms with Crippen molar-refractivity contribution in [2.24, 2.45) is 0 Å². The molecule has 86 valence electrons. The largest absolute Gasteiger partial charge is 0.361 e. The molecule has 0 spiro atoms. The fourth-order valence-corrected chi connectivity index (χ4v) is 2.79. The van der Waals surface area contributed by atoms with E-state index in [1.54, 1.807) is 0 Å². The molecule has 0 bridgehead atoms. The van der Waals surface area contributed by atoms with Gasteiger partial charge in [-0.15, -0.1) is 0 Å². The molecular weight excluding hydrogens is 218 g/mol. The molecular formula is C17H13N. The number of para-hydroxylation sites is 1. The third-order valence-electron chi connectivity index (χ3n) is 3.70. The highest BCUT2D eigenvalue weighted by Crippen LogP contribution is 2.34. The van der Waals surface area contributed by atoms with E-state index in [0.29, 0.717) is 0 Å². The molecule has 0 saturated carbocycles. The van der Waals surface area contributed by atoms with Crippen molar-refractivity contribution in [2.75, 3.05) is 0 Å². The Hall–Kier alpha value is -2.28. The minimum Gasteiger partial charge on any atom is -0.361 e. The Kier molecular flexibility index (Phi) is 1.95. The lowest BCUT2D eigenvalue weighted by molar-refractivity contribution is 1.32. The molecule has 1 aliphatic rings. The number of aromatic amines is 1. The summed E-state index contributed by atoms with van der Waals surface area (Å²) in [5.41, 5.74) is 6.75. The zero-order valence-electron chi connectivity index (χ0n) is 9.98. The molecule has 1 N–H and O–H groups in total. The summed E-state index contributed by atoms with van der Waals surface area (Å²) in [4.78, 5) is 3.35. The topological polar surface area (TPSA) is 15.8 Å². The molecule has 0 saturated heterocycles. The van der Waals surface area contributed by atoms with E-state index in [2.05, 4.69) is 65.8 Å². The lowest BCUT2D eigenvalue weighted by atomic mass is 10.0. The van der Waals surface area contributed by atoms with Gasteiger partial charge in [-0.3, -0.25) is 0 Å². The normalized spacial score (nSPS) is 13.7. The van der Waals surface area contributed by atoms with Gasteiger partial charge in [-0.1, -0.05) is 48.5 Å². The Bertz CT molecular complexity index is 762. The van der Waals surface area contributed by atoms with Gasteiger partial charge in [0.25, 0.3) is 0 Å². The van der Waals surface area contributed by atoms with Crippen molar-refractivity contribution in [3.05, 3.63) is 71.4 Å². The van der Waals surface area contributed by atoms with Gasteiger partial charge in [0.2, 0.25) is 0 Å². The molecule has 1 aromatic heterocycles. The van der Waals surface area contributed by atoms with Crippen molar-refractivity contribution in [3.8, 4) is 0 Å². The molecule has 0 fully saturated rings. The van der Waals surface area contributed by atoms with E-state index in [9.17, 15) is 0 Å². The molecule has 1 nitrogen and oxygen atoms in total. The Balaban J connectivity index is 1.87. The summed E-state index contributed by atoms with van der Waals surface area (Å²) in [7, 11) is 0. The van der Waals surface area contributed by atoms with Gasteiger partial charge < -0.3 is 4.98 Å². The summed E-state index contributed by atoms with van der Waals surface area (Å²) in [5.74, 6) is 0. The van der Waals surface area contributed by atoms with Crippen LogP contribution in [0, 0.1) is 0 Å². The highest BCUT2D eigenvalue weighted by Gasteiger charge is 2.15. The molecule has 1 heteroatoms. The number of aromatic nitrogens is 1. The van der Waals surface area contributed by atoms with Crippen LogP contribution < -0.4 is 0 Å². The first kappa shape index (κ1) is 9.72. The number of H-pyrrole nitrogens is 1. The lowest BCUT2D eigenvalue weighted by Crippen LogP contribution is -1.83. The van der Waals surface area contributed by atoms with Crippen LogP contribution >= 0.6 is 0 Å². The van der Waals surface area contributed by atoms with Crippen LogP contribution in [0.4, 0.5) is 0 Å². The van der Waals surface area contributed by atoms with E-state index in [0.717, 1.165) is 6.42 Å². The molecule has 3 aromatic rings. The van der Waals surface area contributed by atoms with Gasteiger partial charge in [-0.05, 0) is 29.2 Å². The first-order chi connectivity index (χ1) is 8.92. The molecule has 1 aliphatic carbocycles. The summed E-state index contributed by atoms with van der Waals surface area (Å²) < 4.78 is 0. The van der Waals surface area contributed by atoms with Crippen LogP contribution in [0.5, 0.6) is 0 Å². The van der Waals surface area contributed by atoms with Gasteiger partial charge in [0, 0.05) is 22.7 Å². The summed E-state index contributed by atoms with van der Waals surface area (Å²) in [6.07, 6.45) is 5.48. The van der Waals surface area contributed by atoms with Crippen LogP contribution in [0.15, 0.2) is 54.7 Å². The second-order valence-corrected chi connectivity index (χ2v) is 4.79. The predicted octanol–water partition coefficient (Wildman–Crippen LogP) is 4.26. The Labute approximate surface area is 106 Å². The highest BCUT2D eigenvalue weighted by atomic mass is 14.7. The van der Waals surface area contributed by atoms with E-state index in [4.69, 9.17) is 0 Å². The Morgan fingerprint density at radius 2 is 1.72 bits per heavy atom. The number of hydrogen-bond donors (Lipinski definition) is 1. The summed E-state index contributed by atoms with van der Waals surface area (Å²) in [6, 6.07) is 17.1. The smallest absolute Gasteiger partial charge is 0.0460 e. The fraction of sp³-hybridized carbons (Fsp3) is 0.0588. The highest BCUT2D eigenvalue weighted by molar-refractivity contribution is 5.99. The zero-order chi connectivity index (χ0) is 11.9. The third kappa shape index (κ3) is 1.34. The molecule has 0 radical (unpaired) electrons. The van der Waals surface area contributed by atoms with Crippen molar-refractivity contribution in [1.29, 1.82) is 0 Å². The van der Waals surface area contributed by atoms with Crippen molar-refractivity contribution in [2.45, 2.75) is 6.42 Å². The number of benzene rings is 2. The van der Waals surface area contributed by atoms with Gasteiger partial charge in [0.1, 0.15) is 0 Å². The monoisotopic (exact) mass is 231 g/mol. The van der Waals surface area contributed by atoms with Crippen LogP contribution in [-0.4, -0.2) is 4.98 Å². The molecule has 18 heavy (non-hydrogen) atoms. The van der Waals surface area contributed by atoms with Crippen molar-refractivity contribution in [3.63, 3.8) is 0 Å². The third-order valence-corrected chi connectivity index (χ3v) is 3.70. The van der Waals surface area contributed by atoms with E-state index in [-0.39, 0.29) is 0 Å². The van der Waals surface area contributed by atoms with E-state index in [1.807, 2.05) is 0 Å². The number of rotatable bonds is 1. The second-order valence-electron chi connectivity index (χ2n) is 4.79. The average Bonchev–Trinajstić information content (AvgIpc) is 3.02. The molecule has 0 amide bonds. The molecule has 4 rings (SSSR count). The SMILES string of the molecule is C1=C(c2c[nH]c3ccccc23)Cc2ccccc21. The summed E-state index contributed by atoms with van der Waals surface area (Å²) >= 11 is 0. The average molecular weight is 231 g/mol. The fourth-order valence-electron chi connectivity index (χ4n) is 2.79. The van der Waals surface area contributed by atoms with Crippen LogP contribution in [0.3, 0.4) is 0 Å². The minimum atomic E-state index is 1.04. The first-order valence-electron chi connectivity index (χ1n) is 6.27. The maximum Gasteiger partial charge on any atom is 0.0460 e. The first-order valence-corrected chi connectivity index (χ1v) is 6.27. The van der Waals surface area contributed by atoms with Crippen LogP contribution in [0.2, 0.25) is 0 Å². The Morgan fingerprint density at radius 1 is 0.889 bits per heavy atom. The molecule has 0 unspecified atom stereocenters. The van der Waals surface area contributed by atoms with Gasteiger partial charge in [-0.25, -0.2) is 0 Å².